The molecule has 1 unspecified atom stereocenters. The average Bonchev–Trinajstić information content (AvgIpc) is 3.21. The molecular weight excluding hydrogens is 431 g/mol. The number of oxime groups is 1. The van der Waals surface area contributed by atoms with Crippen LogP contribution in [0.1, 0.15) is 5.76 Å². The van der Waals surface area contributed by atoms with Gasteiger partial charge in [-0.05, 0) is 12.1 Å². The minimum Gasteiger partial charge on any atom is -0.543 e. The van der Waals surface area contributed by atoms with E-state index in [1.807, 2.05) is 0 Å². The number of amides is 3. The Morgan fingerprint density at radius 2 is 2.20 bits per heavy atom. The van der Waals surface area contributed by atoms with E-state index >= 15 is 0 Å². The summed E-state index contributed by atoms with van der Waals surface area (Å²) >= 11 is 1.18. The molecule has 3 amide bonds. The molecule has 3 rings (SSSR count). The average molecular weight is 446 g/mol. The summed E-state index contributed by atoms with van der Waals surface area (Å²) in [5, 5.41) is 17.0. The zero-order chi connectivity index (χ0) is 21.1. The number of nitrogens with two attached hydrogens (primary N) is 1. The maximum absolute atomic E-state index is 12.5. The SMILES string of the molecule is CON=C(C(=O)NC1C(=O)N2C(C(=O)[O-])=C(COC(N)=O)CS[C@@H]12)c1ccco1.[Na+]. The number of primary amides is 1. The van der Waals surface area contributed by atoms with Crippen LogP contribution in [0.5, 0.6) is 0 Å². The molecule has 1 saturated heterocycles. The van der Waals surface area contributed by atoms with Crippen molar-refractivity contribution in [1.29, 1.82) is 0 Å². The minimum absolute atomic E-state index is 0. The standard InChI is InChI=1S/C16H16N4O8S.Na/c1-26-19-9(8-3-2-4-27-8)12(21)18-10-13(22)20-11(15(23)24)7(5-28-16(17)25)6-29-14(10)20;/h2-4,10,14H,5-6H2,1H3,(H2,17,25)(H,18,21)(H,23,24);/q;+1/p-1/t10?,14-;/m0./s1. The number of hydrogen-bond acceptors (Lipinski definition) is 10. The smallest absolute Gasteiger partial charge is 0.543 e. The summed E-state index contributed by atoms with van der Waals surface area (Å²) in [5.41, 5.74) is 4.48. The first-order valence-electron chi connectivity index (χ1n) is 8.11. The van der Waals surface area contributed by atoms with Gasteiger partial charge < -0.3 is 34.9 Å². The predicted octanol–water partition coefficient (Wildman–Crippen LogP) is -4.87. The largest absolute Gasteiger partial charge is 1.00 e. The number of thioether (sulfide) groups is 1. The normalized spacial score (nSPS) is 20.5. The Bertz CT molecular complexity index is 916. The Hall–Kier alpha value is -2.48. The van der Waals surface area contributed by atoms with Gasteiger partial charge in [-0.3, -0.25) is 14.5 Å². The van der Waals surface area contributed by atoms with Crippen molar-refractivity contribution in [3.8, 4) is 0 Å². The third-order valence-corrected chi connectivity index (χ3v) is 5.41. The fourth-order valence-electron chi connectivity index (χ4n) is 2.85. The molecule has 14 heteroatoms. The fraction of sp³-hybridized carbons (Fsp3) is 0.312. The first-order chi connectivity index (χ1) is 13.8. The Balaban J connectivity index is 0.00000320. The van der Waals surface area contributed by atoms with Crippen LogP contribution in [0.15, 0.2) is 39.2 Å². The van der Waals surface area contributed by atoms with E-state index in [0.717, 1.165) is 4.90 Å². The van der Waals surface area contributed by atoms with E-state index in [4.69, 9.17) is 10.2 Å². The van der Waals surface area contributed by atoms with Gasteiger partial charge >= 0.3 is 35.7 Å². The number of fused-ring (bicyclic) bond motifs is 1. The Labute approximate surface area is 196 Å². The number of nitrogens with zero attached hydrogens (tertiary/aromatic N) is 2. The molecule has 1 aromatic rings. The fourth-order valence-corrected chi connectivity index (χ4v) is 4.18. The van der Waals surface area contributed by atoms with Crippen LogP contribution in [-0.4, -0.2) is 65.4 Å². The number of aliphatic carboxylic acids is 1. The first-order valence-corrected chi connectivity index (χ1v) is 9.16. The van der Waals surface area contributed by atoms with Crippen LogP contribution < -0.4 is 45.7 Å². The van der Waals surface area contributed by atoms with Gasteiger partial charge in [-0.25, -0.2) is 4.79 Å². The predicted molar refractivity (Wildman–Crippen MR) is 94.8 cm³/mol. The van der Waals surface area contributed by atoms with Gasteiger partial charge in [-0.1, -0.05) is 5.16 Å². The number of carbonyl (C=O) groups excluding carboxylic acids is 4. The van der Waals surface area contributed by atoms with Crippen molar-refractivity contribution >= 4 is 41.4 Å². The van der Waals surface area contributed by atoms with E-state index in [1.165, 1.54) is 31.2 Å². The van der Waals surface area contributed by atoms with Crippen LogP contribution in [0.25, 0.3) is 0 Å². The van der Waals surface area contributed by atoms with Gasteiger partial charge in [-0.15, -0.1) is 11.8 Å². The number of β-lactam (4-membered cyclic amide) rings is 1. The molecule has 0 aromatic carbocycles. The number of carboxylic acids is 1. The van der Waals surface area contributed by atoms with Crippen molar-refractivity contribution in [3.63, 3.8) is 0 Å². The Kier molecular flexibility index (Phi) is 7.95. The molecule has 154 valence electrons. The van der Waals surface area contributed by atoms with Gasteiger partial charge in [0.25, 0.3) is 11.8 Å². The van der Waals surface area contributed by atoms with Crippen LogP contribution >= 0.6 is 11.8 Å². The summed E-state index contributed by atoms with van der Waals surface area (Å²) < 4.78 is 9.75. The molecule has 2 aliphatic rings. The van der Waals surface area contributed by atoms with Gasteiger partial charge in [0.1, 0.15) is 25.1 Å². The van der Waals surface area contributed by atoms with E-state index in [9.17, 15) is 24.3 Å². The van der Waals surface area contributed by atoms with E-state index in [2.05, 4.69) is 20.0 Å². The minimum atomic E-state index is -1.60. The molecule has 1 aromatic heterocycles. The van der Waals surface area contributed by atoms with Crippen LogP contribution in [0.2, 0.25) is 0 Å². The molecule has 30 heavy (non-hydrogen) atoms. The van der Waals surface area contributed by atoms with E-state index in [1.54, 1.807) is 6.07 Å². The Morgan fingerprint density at radius 1 is 1.47 bits per heavy atom. The zero-order valence-electron chi connectivity index (χ0n) is 15.9. The summed E-state index contributed by atoms with van der Waals surface area (Å²) in [4.78, 5) is 53.0. The van der Waals surface area contributed by atoms with Crippen LogP contribution in [0.3, 0.4) is 0 Å². The maximum Gasteiger partial charge on any atom is 1.00 e. The summed E-state index contributed by atoms with van der Waals surface area (Å²) in [6.07, 6.45) is 0.262. The first kappa shape index (κ1) is 23.8. The van der Waals surface area contributed by atoms with Crippen molar-refractivity contribution in [3.05, 3.63) is 35.4 Å². The molecule has 2 aliphatic heterocycles. The quantitative estimate of drug-likeness (QED) is 0.180. The van der Waals surface area contributed by atoms with Gasteiger partial charge in [0.05, 0.1) is 17.9 Å². The van der Waals surface area contributed by atoms with E-state index < -0.39 is 41.0 Å². The molecule has 2 atom stereocenters. The summed E-state index contributed by atoms with van der Waals surface area (Å²) in [5.74, 6) is -2.74. The number of carboxylic acid groups (broad SMARTS) is 1. The number of carbonyl (C=O) groups is 4. The van der Waals surface area contributed by atoms with E-state index in [-0.39, 0.29) is 59.0 Å². The number of nitrogens with one attached hydrogen (secondary N) is 1. The monoisotopic (exact) mass is 446 g/mol. The van der Waals surface area contributed by atoms with Crippen LogP contribution in [0, 0.1) is 0 Å². The zero-order valence-corrected chi connectivity index (χ0v) is 18.8. The second-order valence-corrected chi connectivity index (χ2v) is 6.91. The maximum atomic E-state index is 12.5. The number of hydrogen-bond donors (Lipinski definition) is 2. The number of furan rings is 1. The van der Waals surface area contributed by atoms with Gasteiger partial charge in [0, 0.05) is 11.3 Å². The molecule has 3 N–H and O–H groups in total. The van der Waals surface area contributed by atoms with E-state index in [0.29, 0.717) is 0 Å². The van der Waals surface area contributed by atoms with Crippen molar-refractivity contribution in [2.24, 2.45) is 10.9 Å². The third kappa shape index (κ3) is 4.64. The second-order valence-electron chi connectivity index (χ2n) is 5.81. The summed E-state index contributed by atoms with van der Waals surface area (Å²) in [6, 6.07) is 2.04. The van der Waals surface area contributed by atoms with Gasteiger partial charge in [0.15, 0.2) is 5.76 Å². The molecule has 0 spiro atoms. The molecule has 0 saturated carbocycles. The van der Waals surface area contributed by atoms with Gasteiger partial charge in [0.2, 0.25) is 5.71 Å². The molecule has 12 nitrogen and oxygen atoms in total. The van der Waals surface area contributed by atoms with Gasteiger partial charge in [-0.2, -0.15) is 0 Å². The van der Waals surface area contributed by atoms with Crippen LogP contribution in [-0.2, 0) is 24.0 Å². The van der Waals surface area contributed by atoms with Crippen LogP contribution in [0.4, 0.5) is 4.79 Å². The summed E-state index contributed by atoms with van der Waals surface area (Å²) in [7, 11) is 1.25. The number of ether oxygens (including phenoxy) is 1. The topological polar surface area (TPSA) is 177 Å². The van der Waals surface area contributed by atoms with Crippen molar-refractivity contribution in [2.45, 2.75) is 11.4 Å². The summed E-state index contributed by atoms with van der Waals surface area (Å²) in [6.45, 7) is -0.387. The molecule has 1 fully saturated rings. The number of rotatable bonds is 7. The molecule has 0 aliphatic carbocycles. The molecular formula is C16H15N4NaO8S. The molecule has 3 heterocycles. The van der Waals surface area contributed by atoms with Crippen molar-refractivity contribution in [2.75, 3.05) is 19.5 Å². The molecule has 0 bridgehead atoms. The molecule has 0 radical (unpaired) electrons. The third-order valence-electron chi connectivity index (χ3n) is 4.07. The second kappa shape index (κ2) is 10.0. The Morgan fingerprint density at radius 3 is 2.77 bits per heavy atom. The van der Waals surface area contributed by atoms with Crippen molar-refractivity contribution < 1.29 is 67.8 Å². The van der Waals surface area contributed by atoms with Crippen molar-refractivity contribution in [1.82, 2.24) is 10.2 Å².